The molecule has 0 atom stereocenters. The van der Waals surface area contributed by atoms with Crippen LogP contribution in [0.3, 0.4) is 0 Å². The Labute approximate surface area is 142 Å². The van der Waals surface area contributed by atoms with Crippen LogP contribution in [0, 0.1) is 0 Å². The highest BCUT2D eigenvalue weighted by atomic mass is 79.9. The summed E-state index contributed by atoms with van der Waals surface area (Å²) in [6.07, 6.45) is -3.30. The molecule has 118 valence electrons. The number of halogens is 6. The van der Waals surface area contributed by atoms with Gasteiger partial charge in [0.15, 0.2) is 0 Å². The molecule has 1 heterocycles. The molecule has 0 N–H and O–H groups in total. The van der Waals surface area contributed by atoms with Crippen molar-refractivity contribution >= 4 is 39.1 Å². The van der Waals surface area contributed by atoms with Gasteiger partial charge < -0.3 is 9.47 Å². The number of benzene rings is 1. The zero-order valence-electron chi connectivity index (χ0n) is 10.6. The summed E-state index contributed by atoms with van der Waals surface area (Å²) in [5.74, 6) is -0.326. The van der Waals surface area contributed by atoms with Gasteiger partial charge in [0.25, 0.3) is 0 Å². The van der Waals surface area contributed by atoms with E-state index in [4.69, 9.17) is 27.9 Å². The van der Waals surface area contributed by atoms with E-state index in [0.717, 1.165) is 12.1 Å². The van der Waals surface area contributed by atoms with Crippen molar-refractivity contribution in [3.63, 3.8) is 0 Å². The minimum absolute atomic E-state index is 0.0589. The molecule has 0 aliphatic carbocycles. The van der Waals surface area contributed by atoms with Gasteiger partial charge >= 0.3 is 6.36 Å². The molecule has 0 radical (unpaired) electrons. The average molecular weight is 417 g/mol. The third-order valence-corrected chi connectivity index (χ3v) is 3.51. The van der Waals surface area contributed by atoms with Crippen molar-refractivity contribution in [2.24, 2.45) is 0 Å². The Balaban J connectivity index is 2.14. The third-order valence-electron chi connectivity index (χ3n) is 2.37. The average Bonchev–Trinajstić information content (AvgIpc) is 2.37. The standard InChI is InChI=1S/C13H7BrCl2F3NO2/c14-11-5-20-12(16)1-7(11)6-21-9-2-8(15)3-10(4-9)22-13(17,18)19/h1-5H,6H2. The Hall–Kier alpha value is -1.18. The van der Waals surface area contributed by atoms with E-state index in [9.17, 15) is 13.2 Å². The second kappa shape index (κ2) is 6.93. The van der Waals surface area contributed by atoms with Crippen LogP contribution in [0.1, 0.15) is 5.56 Å². The predicted octanol–water partition coefficient (Wildman–Crippen LogP) is 5.63. The van der Waals surface area contributed by atoms with Gasteiger partial charge in [-0.25, -0.2) is 4.98 Å². The number of ether oxygens (including phenoxy) is 2. The lowest BCUT2D eigenvalue weighted by Crippen LogP contribution is -2.17. The van der Waals surface area contributed by atoms with Crippen LogP contribution in [0.15, 0.2) is 34.9 Å². The van der Waals surface area contributed by atoms with Gasteiger partial charge in [0.2, 0.25) is 0 Å². The molecule has 0 spiro atoms. The van der Waals surface area contributed by atoms with Crippen LogP contribution in [0.25, 0.3) is 0 Å². The van der Waals surface area contributed by atoms with Gasteiger partial charge in [-0.3, -0.25) is 0 Å². The van der Waals surface area contributed by atoms with Crippen LogP contribution in [0.4, 0.5) is 13.2 Å². The first-order chi connectivity index (χ1) is 10.2. The highest BCUT2D eigenvalue weighted by Gasteiger charge is 2.31. The van der Waals surface area contributed by atoms with Crippen LogP contribution in [0.2, 0.25) is 10.2 Å². The van der Waals surface area contributed by atoms with Crippen LogP contribution in [-0.2, 0) is 6.61 Å². The van der Waals surface area contributed by atoms with Gasteiger partial charge in [-0.1, -0.05) is 23.2 Å². The van der Waals surface area contributed by atoms with Gasteiger partial charge in [0, 0.05) is 27.3 Å². The van der Waals surface area contributed by atoms with E-state index in [1.807, 2.05) is 0 Å². The molecule has 1 aromatic heterocycles. The number of rotatable bonds is 4. The Morgan fingerprint density at radius 3 is 2.45 bits per heavy atom. The van der Waals surface area contributed by atoms with Crippen molar-refractivity contribution in [3.05, 3.63) is 50.7 Å². The summed E-state index contributed by atoms with van der Waals surface area (Å²) in [4.78, 5) is 3.86. The number of nitrogens with zero attached hydrogens (tertiary/aromatic N) is 1. The summed E-state index contributed by atoms with van der Waals surface area (Å²) in [7, 11) is 0. The first-order valence-electron chi connectivity index (χ1n) is 5.72. The van der Waals surface area contributed by atoms with E-state index in [1.165, 1.54) is 12.3 Å². The Bertz CT molecular complexity index is 683. The molecular weight excluding hydrogens is 410 g/mol. The van der Waals surface area contributed by atoms with Crippen molar-refractivity contribution < 1.29 is 22.6 Å². The van der Waals surface area contributed by atoms with Gasteiger partial charge in [0.05, 0.1) is 0 Å². The van der Waals surface area contributed by atoms with Gasteiger partial charge in [0.1, 0.15) is 23.3 Å². The fourth-order valence-corrected chi connectivity index (χ4v) is 2.26. The largest absolute Gasteiger partial charge is 0.573 e. The molecule has 9 heteroatoms. The molecule has 0 aliphatic heterocycles. The molecule has 0 bridgehead atoms. The Morgan fingerprint density at radius 2 is 1.77 bits per heavy atom. The molecule has 2 rings (SSSR count). The number of hydrogen-bond acceptors (Lipinski definition) is 3. The fourth-order valence-electron chi connectivity index (χ4n) is 1.54. The molecule has 2 aromatic rings. The first kappa shape index (κ1) is 17.2. The highest BCUT2D eigenvalue weighted by molar-refractivity contribution is 9.10. The third kappa shape index (κ3) is 5.23. The monoisotopic (exact) mass is 415 g/mol. The van der Waals surface area contributed by atoms with Gasteiger partial charge in [-0.2, -0.15) is 0 Å². The molecule has 0 unspecified atom stereocenters. The van der Waals surface area contributed by atoms with Crippen molar-refractivity contribution in [3.8, 4) is 11.5 Å². The molecule has 0 saturated heterocycles. The van der Waals surface area contributed by atoms with Crippen molar-refractivity contribution in [2.75, 3.05) is 0 Å². The summed E-state index contributed by atoms with van der Waals surface area (Å²) < 4.78 is 46.5. The Kier molecular flexibility index (Phi) is 5.41. The van der Waals surface area contributed by atoms with E-state index in [0.29, 0.717) is 10.0 Å². The molecule has 0 fully saturated rings. The lowest BCUT2D eigenvalue weighted by Gasteiger charge is -2.12. The predicted molar refractivity (Wildman–Crippen MR) is 79.4 cm³/mol. The van der Waals surface area contributed by atoms with E-state index in [-0.39, 0.29) is 22.5 Å². The van der Waals surface area contributed by atoms with Crippen LogP contribution >= 0.6 is 39.1 Å². The maximum absolute atomic E-state index is 12.2. The fraction of sp³-hybridized carbons (Fsp3) is 0.154. The molecular formula is C13H7BrCl2F3NO2. The van der Waals surface area contributed by atoms with E-state index in [2.05, 4.69) is 25.7 Å². The molecule has 0 aliphatic rings. The zero-order valence-corrected chi connectivity index (χ0v) is 13.7. The van der Waals surface area contributed by atoms with Crippen molar-refractivity contribution in [1.82, 2.24) is 4.98 Å². The van der Waals surface area contributed by atoms with Crippen molar-refractivity contribution in [2.45, 2.75) is 13.0 Å². The number of pyridine rings is 1. The molecule has 22 heavy (non-hydrogen) atoms. The quantitative estimate of drug-likeness (QED) is 0.605. The maximum atomic E-state index is 12.2. The summed E-state index contributed by atoms with van der Waals surface area (Å²) >= 11 is 14.8. The summed E-state index contributed by atoms with van der Waals surface area (Å²) in [5.41, 5.74) is 0.679. The van der Waals surface area contributed by atoms with Crippen molar-refractivity contribution in [1.29, 1.82) is 0 Å². The van der Waals surface area contributed by atoms with Crippen LogP contribution < -0.4 is 9.47 Å². The summed E-state index contributed by atoms with van der Waals surface area (Å²) in [5, 5.41) is 0.331. The topological polar surface area (TPSA) is 31.4 Å². The zero-order chi connectivity index (χ0) is 16.3. The maximum Gasteiger partial charge on any atom is 0.573 e. The Morgan fingerprint density at radius 1 is 1.09 bits per heavy atom. The summed E-state index contributed by atoms with van der Waals surface area (Å²) in [6, 6.07) is 5.09. The van der Waals surface area contributed by atoms with E-state index in [1.54, 1.807) is 6.07 Å². The second-order valence-electron chi connectivity index (χ2n) is 4.06. The van der Waals surface area contributed by atoms with Gasteiger partial charge in [-0.15, -0.1) is 13.2 Å². The molecule has 0 saturated carbocycles. The minimum Gasteiger partial charge on any atom is -0.489 e. The highest BCUT2D eigenvalue weighted by Crippen LogP contribution is 2.31. The minimum atomic E-state index is -4.80. The van der Waals surface area contributed by atoms with Crippen LogP contribution in [-0.4, -0.2) is 11.3 Å². The lowest BCUT2D eigenvalue weighted by molar-refractivity contribution is -0.274. The SMILES string of the molecule is FC(F)(F)Oc1cc(Cl)cc(OCc2cc(Cl)ncc2Br)c1. The normalized spacial score (nSPS) is 11.4. The number of alkyl halides is 3. The second-order valence-corrected chi connectivity index (χ2v) is 5.74. The number of hydrogen-bond donors (Lipinski definition) is 0. The van der Waals surface area contributed by atoms with E-state index < -0.39 is 12.1 Å². The molecule has 0 amide bonds. The van der Waals surface area contributed by atoms with Gasteiger partial charge in [-0.05, 0) is 34.1 Å². The lowest BCUT2D eigenvalue weighted by atomic mass is 10.3. The summed E-state index contributed by atoms with van der Waals surface area (Å²) in [6.45, 7) is 0.0641. The molecule has 1 aromatic carbocycles. The number of aromatic nitrogens is 1. The first-order valence-corrected chi connectivity index (χ1v) is 7.27. The smallest absolute Gasteiger partial charge is 0.489 e. The van der Waals surface area contributed by atoms with E-state index >= 15 is 0 Å². The molecule has 3 nitrogen and oxygen atoms in total. The van der Waals surface area contributed by atoms with Crippen LogP contribution in [0.5, 0.6) is 11.5 Å².